The molecule has 1 amide bonds. The zero-order chi connectivity index (χ0) is 22.0. The molecule has 2 aromatic carbocycles. The SMILES string of the molecule is Cc1ccc(C(=O)n2c(C)c(CC(=O)NCCC(=O)O)c3cc(O)c(F)cc32)cc1. The van der Waals surface area contributed by atoms with Crippen molar-refractivity contribution in [3.05, 3.63) is 64.6 Å². The molecular weight excluding hydrogens is 391 g/mol. The number of fused-ring (bicyclic) bond motifs is 1. The monoisotopic (exact) mass is 412 g/mol. The van der Waals surface area contributed by atoms with Crippen LogP contribution in [0, 0.1) is 19.7 Å². The molecule has 3 rings (SSSR count). The summed E-state index contributed by atoms with van der Waals surface area (Å²) in [4.78, 5) is 36.1. The molecule has 8 heteroatoms. The van der Waals surface area contributed by atoms with Gasteiger partial charge >= 0.3 is 5.97 Å². The standard InChI is InChI=1S/C22H21FN2O5/c1-12-3-5-14(6-4-12)22(30)25-13(2)15(10-20(27)24-8-7-21(28)29)16-9-19(26)17(23)11-18(16)25/h3-6,9,11,26H,7-8,10H2,1-2H3,(H,24,27)(H,28,29). The number of benzene rings is 2. The summed E-state index contributed by atoms with van der Waals surface area (Å²) in [6.07, 6.45) is -0.369. The van der Waals surface area contributed by atoms with Crippen LogP contribution in [0.4, 0.5) is 4.39 Å². The molecule has 0 aliphatic heterocycles. The van der Waals surface area contributed by atoms with E-state index in [1.54, 1.807) is 31.2 Å². The summed E-state index contributed by atoms with van der Waals surface area (Å²) >= 11 is 0. The second-order valence-corrected chi connectivity index (χ2v) is 7.06. The van der Waals surface area contributed by atoms with Crippen LogP contribution in [0.25, 0.3) is 10.9 Å². The zero-order valence-electron chi connectivity index (χ0n) is 16.5. The number of amides is 1. The van der Waals surface area contributed by atoms with Crippen molar-refractivity contribution in [1.82, 2.24) is 9.88 Å². The lowest BCUT2D eigenvalue weighted by Crippen LogP contribution is -2.27. The molecule has 3 aromatic rings. The Labute approximate surface area is 171 Å². The van der Waals surface area contributed by atoms with Crippen molar-refractivity contribution in [2.24, 2.45) is 0 Å². The molecule has 3 N–H and O–H groups in total. The Bertz CT molecular complexity index is 1150. The van der Waals surface area contributed by atoms with E-state index in [0.717, 1.165) is 11.6 Å². The molecule has 7 nitrogen and oxygen atoms in total. The van der Waals surface area contributed by atoms with Gasteiger partial charge in [-0.15, -0.1) is 0 Å². The molecule has 0 saturated heterocycles. The molecule has 0 unspecified atom stereocenters. The first-order chi connectivity index (χ1) is 14.2. The minimum Gasteiger partial charge on any atom is -0.505 e. The summed E-state index contributed by atoms with van der Waals surface area (Å²) < 4.78 is 15.4. The van der Waals surface area contributed by atoms with Crippen LogP contribution in [0.2, 0.25) is 0 Å². The molecule has 0 fully saturated rings. The Balaban J connectivity index is 2.05. The minimum atomic E-state index is -1.04. The van der Waals surface area contributed by atoms with Crippen molar-refractivity contribution in [2.45, 2.75) is 26.7 Å². The van der Waals surface area contributed by atoms with Crippen LogP contribution in [0.15, 0.2) is 36.4 Å². The third-order valence-electron chi connectivity index (χ3n) is 4.90. The smallest absolute Gasteiger partial charge is 0.305 e. The van der Waals surface area contributed by atoms with E-state index < -0.39 is 23.4 Å². The number of rotatable bonds is 6. The number of aromatic nitrogens is 1. The molecule has 30 heavy (non-hydrogen) atoms. The summed E-state index contributed by atoms with van der Waals surface area (Å²) in [7, 11) is 0. The first-order valence-corrected chi connectivity index (χ1v) is 9.31. The first-order valence-electron chi connectivity index (χ1n) is 9.31. The maximum Gasteiger partial charge on any atom is 0.305 e. The van der Waals surface area contributed by atoms with E-state index in [1.807, 2.05) is 6.92 Å². The van der Waals surface area contributed by atoms with Gasteiger partial charge in [-0.2, -0.15) is 0 Å². The number of carbonyl (C=O) groups is 3. The normalized spacial score (nSPS) is 10.9. The molecule has 0 saturated carbocycles. The lowest BCUT2D eigenvalue weighted by atomic mass is 10.1. The molecule has 0 aliphatic rings. The highest BCUT2D eigenvalue weighted by atomic mass is 19.1. The van der Waals surface area contributed by atoms with E-state index in [-0.39, 0.29) is 30.8 Å². The van der Waals surface area contributed by atoms with Crippen molar-refractivity contribution in [2.75, 3.05) is 6.54 Å². The Kier molecular flexibility index (Phi) is 5.86. The largest absolute Gasteiger partial charge is 0.505 e. The van der Waals surface area contributed by atoms with Crippen LogP contribution in [0.3, 0.4) is 0 Å². The van der Waals surface area contributed by atoms with Crippen LogP contribution in [0.5, 0.6) is 5.75 Å². The lowest BCUT2D eigenvalue weighted by molar-refractivity contribution is -0.136. The van der Waals surface area contributed by atoms with Gasteiger partial charge in [-0.25, -0.2) is 4.39 Å². The van der Waals surface area contributed by atoms with Gasteiger partial charge in [0.2, 0.25) is 5.91 Å². The Morgan fingerprint density at radius 2 is 1.77 bits per heavy atom. The first kappa shape index (κ1) is 21.0. The van der Waals surface area contributed by atoms with E-state index in [1.165, 1.54) is 10.6 Å². The van der Waals surface area contributed by atoms with Crippen LogP contribution in [-0.2, 0) is 16.0 Å². The fraction of sp³-hybridized carbons (Fsp3) is 0.227. The highest BCUT2D eigenvalue weighted by molar-refractivity contribution is 6.05. The van der Waals surface area contributed by atoms with Crippen LogP contribution in [0.1, 0.15) is 33.6 Å². The highest BCUT2D eigenvalue weighted by Crippen LogP contribution is 2.32. The van der Waals surface area contributed by atoms with Crippen molar-refractivity contribution in [3.8, 4) is 5.75 Å². The molecule has 0 atom stereocenters. The quantitative estimate of drug-likeness (QED) is 0.577. The maximum atomic E-state index is 14.1. The number of nitrogens with one attached hydrogen (secondary N) is 1. The number of phenolic OH excluding ortho intramolecular Hbond substituents is 1. The molecule has 1 heterocycles. The summed E-state index contributed by atoms with van der Waals surface area (Å²) in [6, 6.07) is 9.16. The van der Waals surface area contributed by atoms with Gasteiger partial charge in [-0.05, 0) is 37.6 Å². The summed E-state index contributed by atoms with van der Waals surface area (Å²) in [6.45, 7) is 3.50. The topological polar surface area (TPSA) is 109 Å². The van der Waals surface area contributed by atoms with E-state index >= 15 is 0 Å². The number of phenols is 1. The van der Waals surface area contributed by atoms with Crippen molar-refractivity contribution >= 4 is 28.7 Å². The van der Waals surface area contributed by atoms with Gasteiger partial charge in [0.15, 0.2) is 11.6 Å². The number of hydrogen-bond donors (Lipinski definition) is 3. The highest BCUT2D eigenvalue weighted by Gasteiger charge is 2.23. The average molecular weight is 412 g/mol. The van der Waals surface area contributed by atoms with Gasteiger partial charge in [0.05, 0.1) is 18.4 Å². The van der Waals surface area contributed by atoms with Gasteiger partial charge in [-0.1, -0.05) is 17.7 Å². The van der Waals surface area contributed by atoms with Crippen molar-refractivity contribution in [1.29, 1.82) is 0 Å². The number of halogens is 1. The summed E-state index contributed by atoms with van der Waals surface area (Å²) in [5.74, 6) is -3.33. The molecule has 0 spiro atoms. The number of hydrogen-bond acceptors (Lipinski definition) is 4. The van der Waals surface area contributed by atoms with Gasteiger partial charge < -0.3 is 15.5 Å². The molecule has 0 radical (unpaired) electrons. The van der Waals surface area contributed by atoms with E-state index in [2.05, 4.69) is 5.32 Å². The number of aromatic hydroxyl groups is 1. The molecule has 1 aromatic heterocycles. The second kappa shape index (κ2) is 8.36. The number of carbonyl (C=O) groups excluding carboxylic acids is 2. The van der Waals surface area contributed by atoms with Crippen LogP contribution >= 0.6 is 0 Å². The third kappa shape index (κ3) is 4.17. The fourth-order valence-electron chi connectivity index (χ4n) is 3.33. The summed E-state index contributed by atoms with van der Waals surface area (Å²) in [5.41, 5.74) is 2.51. The van der Waals surface area contributed by atoms with Gasteiger partial charge in [-0.3, -0.25) is 19.0 Å². The van der Waals surface area contributed by atoms with Crippen LogP contribution < -0.4 is 5.32 Å². The number of carboxylic acid groups (broad SMARTS) is 1. The Morgan fingerprint density at radius 1 is 1.10 bits per heavy atom. The predicted molar refractivity (Wildman–Crippen MR) is 108 cm³/mol. The Morgan fingerprint density at radius 3 is 2.40 bits per heavy atom. The van der Waals surface area contributed by atoms with Crippen molar-refractivity contribution < 1.29 is 29.0 Å². The van der Waals surface area contributed by atoms with E-state index in [4.69, 9.17) is 5.11 Å². The maximum absolute atomic E-state index is 14.1. The third-order valence-corrected chi connectivity index (χ3v) is 4.90. The minimum absolute atomic E-state index is 0.0337. The number of aliphatic carboxylic acids is 1. The zero-order valence-corrected chi connectivity index (χ0v) is 16.5. The molecule has 0 bridgehead atoms. The molecule has 0 aliphatic carbocycles. The summed E-state index contributed by atoms with van der Waals surface area (Å²) in [5, 5.41) is 21.4. The van der Waals surface area contributed by atoms with Crippen LogP contribution in [-0.4, -0.2) is 39.1 Å². The van der Waals surface area contributed by atoms with Crippen molar-refractivity contribution in [3.63, 3.8) is 0 Å². The van der Waals surface area contributed by atoms with Gasteiger partial charge in [0, 0.05) is 29.3 Å². The van der Waals surface area contributed by atoms with E-state index in [9.17, 15) is 23.9 Å². The fourth-order valence-corrected chi connectivity index (χ4v) is 3.33. The second-order valence-electron chi connectivity index (χ2n) is 7.06. The number of aryl methyl sites for hydroxylation is 1. The predicted octanol–water partition coefficient (Wildman–Crippen LogP) is 2.92. The lowest BCUT2D eigenvalue weighted by Gasteiger charge is -2.08. The number of nitrogens with zero attached hydrogens (tertiary/aromatic N) is 1. The van der Waals surface area contributed by atoms with E-state index in [0.29, 0.717) is 22.2 Å². The van der Waals surface area contributed by atoms with Gasteiger partial charge in [0.25, 0.3) is 5.91 Å². The Hall–Kier alpha value is -3.68. The number of carboxylic acids is 1. The van der Waals surface area contributed by atoms with Gasteiger partial charge in [0.1, 0.15) is 0 Å². The average Bonchev–Trinajstić information content (AvgIpc) is 2.93. The molecule has 156 valence electrons. The molecular formula is C22H21FN2O5.